The minimum absolute atomic E-state index is 0.0794. The van der Waals surface area contributed by atoms with E-state index >= 15 is 0 Å². The second-order valence-corrected chi connectivity index (χ2v) is 5.83. The Morgan fingerprint density at radius 1 is 1.10 bits per heavy atom. The Balaban J connectivity index is 1.85. The monoisotopic (exact) mass is 290 g/mol. The third-order valence-corrected chi connectivity index (χ3v) is 3.96. The molecule has 3 nitrogen and oxygen atoms in total. The van der Waals surface area contributed by atoms with Crippen molar-refractivity contribution in [2.24, 2.45) is 0 Å². The number of ketones is 1. The lowest BCUT2D eigenvalue weighted by atomic mass is 10.1. The lowest BCUT2D eigenvalue weighted by Crippen LogP contribution is -2.37. The van der Waals surface area contributed by atoms with Crippen molar-refractivity contribution < 1.29 is 4.79 Å². The van der Waals surface area contributed by atoms with E-state index in [1.54, 1.807) is 6.92 Å². The first-order valence-electron chi connectivity index (χ1n) is 7.33. The van der Waals surface area contributed by atoms with Crippen LogP contribution in [0.2, 0.25) is 0 Å². The number of anilines is 1. The first-order valence-corrected chi connectivity index (χ1v) is 7.74. The zero-order valence-electron chi connectivity index (χ0n) is 11.9. The van der Waals surface area contributed by atoms with Crippen molar-refractivity contribution in [2.75, 3.05) is 5.32 Å². The molecular weight excluding hydrogens is 268 g/mol. The van der Waals surface area contributed by atoms with E-state index in [9.17, 15) is 4.79 Å². The average molecular weight is 290 g/mol. The number of benzene rings is 1. The van der Waals surface area contributed by atoms with Crippen molar-refractivity contribution in [3.05, 3.63) is 29.8 Å². The molecule has 0 aromatic heterocycles. The lowest BCUT2D eigenvalue weighted by Gasteiger charge is -2.19. The molecular formula is C16H22N2OS. The van der Waals surface area contributed by atoms with Crippen molar-refractivity contribution >= 4 is 28.8 Å². The summed E-state index contributed by atoms with van der Waals surface area (Å²) >= 11 is 5.36. The molecule has 0 radical (unpaired) electrons. The van der Waals surface area contributed by atoms with E-state index in [1.807, 2.05) is 24.3 Å². The number of carbonyl (C=O) groups excluding carboxylic acids is 1. The van der Waals surface area contributed by atoms with Crippen molar-refractivity contribution in [3.63, 3.8) is 0 Å². The van der Waals surface area contributed by atoms with Gasteiger partial charge in [-0.3, -0.25) is 4.79 Å². The molecule has 0 aliphatic heterocycles. The predicted octanol–water partition coefficient (Wildman–Crippen LogP) is 3.90. The van der Waals surface area contributed by atoms with Crippen LogP contribution in [-0.2, 0) is 0 Å². The van der Waals surface area contributed by atoms with Crippen LogP contribution in [0.15, 0.2) is 24.3 Å². The molecule has 1 aliphatic carbocycles. The van der Waals surface area contributed by atoms with Gasteiger partial charge in [-0.05, 0) is 56.2 Å². The van der Waals surface area contributed by atoms with Crippen LogP contribution in [0.3, 0.4) is 0 Å². The zero-order valence-corrected chi connectivity index (χ0v) is 12.8. The van der Waals surface area contributed by atoms with Crippen molar-refractivity contribution in [1.29, 1.82) is 0 Å². The standard InChI is InChI=1S/C16H22N2OS/c1-12(19)13-8-10-15(11-9-13)18-16(20)17-14-6-4-2-3-5-7-14/h8-11,14H,2-7H2,1H3,(H2,17,18,20). The van der Waals surface area contributed by atoms with Crippen LogP contribution >= 0.6 is 12.2 Å². The van der Waals surface area contributed by atoms with E-state index in [4.69, 9.17) is 12.2 Å². The van der Waals surface area contributed by atoms with E-state index in [0.29, 0.717) is 11.2 Å². The maximum absolute atomic E-state index is 11.2. The second kappa shape index (κ2) is 7.39. The van der Waals surface area contributed by atoms with Gasteiger partial charge in [0.15, 0.2) is 10.9 Å². The minimum atomic E-state index is 0.0794. The summed E-state index contributed by atoms with van der Waals surface area (Å²) in [5, 5.41) is 7.26. The third-order valence-electron chi connectivity index (χ3n) is 3.74. The molecule has 0 spiro atoms. The second-order valence-electron chi connectivity index (χ2n) is 5.42. The summed E-state index contributed by atoms with van der Waals surface area (Å²) in [6.07, 6.45) is 7.65. The maximum Gasteiger partial charge on any atom is 0.170 e. The topological polar surface area (TPSA) is 41.1 Å². The molecule has 108 valence electrons. The highest BCUT2D eigenvalue weighted by Crippen LogP contribution is 2.17. The van der Waals surface area contributed by atoms with Gasteiger partial charge in [0.2, 0.25) is 0 Å². The van der Waals surface area contributed by atoms with Gasteiger partial charge in [0.05, 0.1) is 0 Å². The molecule has 0 atom stereocenters. The minimum Gasteiger partial charge on any atom is -0.360 e. The molecule has 2 N–H and O–H groups in total. The van der Waals surface area contributed by atoms with E-state index in [2.05, 4.69) is 10.6 Å². The van der Waals surface area contributed by atoms with Gasteiger partial charge in [-0.2, -0.15) is 0 Å². The van der Waals surface area contributed by atoms with Crippen LogP contribution in [0.4, 0.5) is 5.69 Å². The van der Waals surface area contributed by atoms with Crippen LogP contribution in [0.5, 0.6) is 0 Å². The lowest BCUT2D eigenvalue weighted by molar-refractivity contribution is 0.101. The van der Waals surface area contributed by atoms with Crippen LogP contribution in [-0.4, -0.2) is 16.9 Å². The average Bonchev–Trinajstić information content (AvgIpc) is 2.68. The van der Waals surface area contributed by atoms with Crippen LogP contribution in [0.25, 0.3) is 0 Å². The number of hydrogen-bond donors (Lipinski definition) is 2. The Bertz CT molecular complexity index is 462. The Hall–Kier alpha value is -1.42. The maximum atomic E-state index is 11.2. The van der Waals surface area contributed by atoms with Crippen LogP contribution < -0.4 is 10.6 Å². The molecule has 1 aromatic rings. The number of carbonyl (C=O) groups is 1. The molecule has 1 saturated carbocycles. The fourth-order valence-corrected chi connectivity index (χ4v) is 2.85. The van der Waals surface area contributed by atoms with Gasteiger partial charge in [-0.25, -0.2) is 0 Å². The highest BCUT2D eigenvalue weighted by atomic mass is 32.1. The molecule has 1 aromatic carbocycles. The highest BCUT2D eigenvalue weighted by Gasteiger charge is 2.12. The number of Topliss-reactive ketones (excluding diaryl/α,β-unsaturated/α-hetero) is 1. The summed E-state index contributed by atoms with van der Waals surface area (Å²) in [7, 11) is 0. The third kappa shape index (κ3) is 4.60. The summed E-state index contributed by atoms with van der Waals surface area (Å²) in [4.78, 5) is 11.2. The summed E-state index contributed by atoms with van der Waals surface area (Å²) in [5.41, 5.74) is 1.64. The first-order chi connectivity index (χ1) is 9.65. The number of thiocarbonyl (C=S) groups is 1. The van der Waals surface area contributed by atoms with Gasteiger partial charge in [-0.1, -0.05) is 25.7 Å². The summed E-state index contributed by atoms with van der Waals surface area (Å²) in [6.45, 7) is 1.57. The molecule has 0 saturated heterocycles. The van der Waals surface area contributed by atoms with Gasteiger partial charge in [0, 0.05) is 17.3 Å². The summed E-state index contributed by atoms with van der Waals surface area (Å²) < 4.78 is 0. The van der Waals surface area contributed by atoms with Gasteiger partial charge < -0.3 is 10.6 Å². The fourth-order valence-electron chi connectivity index (χ4n) is 2.56. The molecule has 0 bridgehead atoms. The SMILES string of the molecule is CC(=O)c1ccc(NC(=S)NC2CCCCCC2)cc1. The molecule has 20 heavy (non-hydrogen) atoms. The molecule has 4 heteroatoms. The Morgan fingerprint density at radius 3 is 2.25 bits per heavy atom. The Labute approximate surface area is 126 Å². The Kier molecular flexibility index (Phi) is 5.53. The normalized spacial score (nSPS) is 16.2. The van der Waals surface area contributed by atoms with Crippen molar-refractivity contribution in [1.82, 2.24) is 5.32 Å². The molecule has 2 rings (SSSR count). The fraction of sp³-hybridized carbons (Fsp3) is 0.500. The van der Waals surface area contributed by atoms with E-state index < -0.39 is 0 Å². The molecule has 1 fully saturated rings. The molecule has 0 heterocycles. The van der Waals surface area contributed by atoms with Crippen LogP contribution in [0.1, 0.15) is 55.8 Å². The number of rotatable bonds is 3. The molecule has 1 aliphatic rings. The zero-order chi connectivity index (χ0) is 14.4. The Morgan fingerprint density at radius 2 is 1.70 bits per heavy atom. The van der Waals surface area contributed by atoms with E-state index in [1.165, 1.54) is 38.5 Å². The smallest absolute Gasteiger partial charge is 0.170 e. The molecule has 0 amide bonds. The van der Waals surface area contributed by atoms with Gasteiger partial charge >= 0.3 is 0 Å². The highest BCUT2D eigenvalue weighted by molar-refractivity contribution is 7.80. The van der Waals surface area contributed by atoms with Crippen molar-refractivity contribution in [3.8, 4) is 0 Å². The first kappa shape index (κ1) is 15.0. The number of nitrogens with one attached hydrogen (secondary N) is 2. The van der Waals surface area contributed by atoms with Gasteiger partial charge in [-0.15, -0.1) is 0 Å². The molecule has 0 unspecified atom stereocenters. The van der Waals surface area contributed by atoms with Crippen LogP contribution in [0, 0.1) is 0 Å². The quantitative estimate of drug-likeness (QED) is 0.503. The largest absolute Gasteiger partial charge is 0.360 e. The van der Waals surface area contributed by atoms with E-state index in [-0.39, 0.29) is 5.78 Å². The van der Waals surface area contributed by atoms with Gasteiger partial charge in [0.1, 0.15) is 0 Å². The van der Waals surface area contributed by atoms with Crippen molar-refractivity contribution in [2.45, 2.75) is 51.5 Å². The predicted molar refractivity (Wildman–Crippen MR) is 87.3 cm³/mol. The van der Waals surface area contributed by atoms with E-state index in [0.717, 1.165) is 11.3 Å². The summed E-state index contributed by atoms with van der Waals surface area (Å²) in [5.74, 6) is 0.0794. The number of hydrogen-bond acceptors (Lipinski definition) is 2. The van der Waals surface area contributed by atoms with Gasteiger partial charge in [0.25, 0.3) is 0 Å². The summed E-state index contributed by atoms with van der Waals surface area (Å²) in [6, 6.07) is 7.90.